The van der Waals surface area contributed by atoms with E-state index in [0.717, 1.165) is 64.6 Å². The number of allylic oxidation sites excluding steroid dienone is 3. The zero-order valence-electron chi connectivity index (χ0n) is 13.9. The second-order valence-corrected chi connectivity index (χ2v) is 5.06. The molecule has 0 amide bonds. The lowest BCUT2D eigenvalue weighted by atomic mass is 10.2. The van der Waals surface area contributed by atoms with Crippen LogP contribution in [0.4, 0.5) is 0 Å². The maximum absolute atomic E-state index is 5.82. The van der Waals surface area contributed by atoms with E-state index in [2.05, 4.69) is 38.3 Å². The minimum absolute atomic E-state index is 0.0207. The number of rotatable bonds is 13. The van der Waals surface area contributed by atoms with Crippen LogP contribution in [0.15, 0.2) is 24.8 Å². The van der Waals surface area contributed by atoms with Crippen LogP contribution < -0.4 is 0 Å². The zero-order valence-corrected chi connectivity index (χ0v) is 13.9. The minimum Gasteiger partial charge on any atom is -0.353 e. The predicted molar refractivity (Wildman–Crippen MR) is 91.1 cm³/mol. The first-order valence-electron chi connectivity index (χ1n) is 8.35. The van der Waals surface area contributed by atoms with Crippen molar-refractivity contribution in [3.63, 3.8) is 0 Å². The van der Waals surface area contributed by atoms with Crippen LogP contribution in [-0.4, -0.2) is 19.5 Å². The molecule has 0 saturated heterocycles. The molecule has 120 valence electrons. The first-order valence-corrected chi connectivity index (χ1v) is 8.35. The first-order chi connectivity index (χ1) is 10.3. The lowest BCUT2D eigenvalue weighted by Gasteiger charge is -2.18. The molecule has 0 rings (SSSR count). The number of ether oxygens (including phenoxy) is 2. The SMILES string of the molecule is C=CC#C/C=C/CCCCC(OCCCC)OCCCC. The van der Waals surface area contributed by atoms with Gasteiger partial charge < -0.3 is 9.47 Å². The first kappa shape index (κ1) is 20.0. The van der Waals surface area contributed by atoms with E-state index in [0.29, 0.717) is 0 Å². The van der Waals surface area contributed by atoms with Gasteiger partial charge >= 0.3 is 0 Å². The highest BCUT2D eigenvalue weighted by Gasteiger charge is 2.08. The van der Waals surface area contributed by atoms with Crippen LogP contribution in [0, 0.1) is 11.8 Å². The van der Waals surface area contributed by atoms with Gasteiger partial charge in [0.1, 0.15) is 0 Å². The van der Waals surface area contributed by atoms with Crippen LogP contribution >= 0.6 is 0 Å². The highest BCUT2D eigenvalue weighted by atomic mass is 16.7. The van der Waals surface area contributed by atoms with Crippen molar-refractivity contribution >= 4 is 0 Å². The smallest absolute Gasteiger partial charge is 0.157 e. The molecule has 0 bridgehead atoms. The van der Waals surface area contributed by atoms with E-state index >= 15 is 0 Å². The topological polar surface area (TPSA) is 18.5 Å². The summed E-state index contributed by atoms with van der Waals surface area (Å²) >= 11 is 0. The molecule has 0 aliphatic rings. The zero-order chi connectivity index (χ0) is 15.6. The van der Waals surface area contributed by atoms with Crippen LogP contribution in [0.25, 0.3) is 0 Å². The van der Waals surface area contributed by atoms with Crippen molar-refractivity contribution in [3.8, 4) is 11.8 Å². The summed E-state index contributed by atoms with van der Waals surface area (Å²) in [7, 11) is 0. The fourth-order valence-corrected chi connectivity index (χ4v) is 1.76. The summed E-state index contributed by atoms with van der Waals surface area (Å²) in [5.41, 5.74) is 0. The van der Waals surface area contributed by atoms with Gasteiger partial charge in [-0.15, -0.1) is 0 Å². The van der Waals surface area contributed by atoms with Crippen molar-refractivity contribution in [2.24, 2.45) is 0 Å². The summed E-state index contributed by atoms with van der Waals surface area (Å²) < 4.78 is 11.6. The molecule has 0 aromatic rings. The molecule has 0 aliphatic heterocycles. The Balaban J connectivity index is 3.76. The van der Waals surface area contributed by atoms with Crippen molar-refractivity contribution in [2.75, 3.05) is 13.2 Å². The van der Waals surface area contributed by atoms with Crippen LogP contribution in [0.2, 0.25) is 0 Å². The van der Waals surface area contributed by atoms with Crippen molar-refractivity contribution in [1.29, 1.82) is 0 Å². The Labute approximate surface area is 131 Å². The van der Waals surface area contributed by atoms with Gasteiger partial charge in [-0.05, 0) is 50.7 Å². The van der Waals surface area contributed by atoms with E-state index in [9.17, 15) is 0 Å². The average Bonchev–Trinajstić information content (AvgIpc) is 2.49. The summed E-state index contributed by atoms with van der Waals surface area (Å²) in [5, 5.41) is 0. The molecule has 0 aromatic carbocycles. The fourth-order valence-electron chi connectivity index (χ4n) is 1.76. The highest BCUT2D eigenvalue weighted by molar-refractivity contribution is 5.21. The molecule has 2 heteroatoms. The lowest BCUT2D eigenvalue weighted by Crippen LogP contribution is -2.18. The Morgan fingerprint density at radius 2 is 1.62 bits per heavy atom. The summed E-state index contributed by atoms with van der Waals surface area (Å²) in [6.45, 7) is 9.53. The van der Waals surface area contributed by atoms with E-state index in [4.69, 9.17) is 9.47 Å². The number of unbranched alkanes of at least 4 members (excludes halogenated alkanes) is 4. The monoisotopic (exact) mass is 292 g/mol. The van der Waals surface area contributed by atoms with Gasteiger partial charge in [0.15, 0.2) is 6.29 Å². The van der Waals surface area contributed by atoms with Crippen LogP contribution in [-0.2, 0) is 9.47 Å². The second kappa shape index (κ2) is 17.0. The lowest BCUT2D eigenvalue weighted by molar-refractivity contribution is -0.147. The molecule has 0 aliphatic carbocycles. The second-order valence-electron chi connectivity index (χ2n) is 5.06. The summed E-state index contributed by atoms with van der Waals surface area (Å²) in [5.74, 6) is 5.71. The van der Waals surface area contributed by atoms with E-state index in [1.807, 2.05) is 6.08 Å². The molecule has 0 N–H and O–H groups in total. The fraction of sp³-hybridized carbons (Fsp3) is 0.684. The molecular weight excluding hydrogens is 260 g/mol. The van der Waals surface area contributed by atoms with Gasteiger partial charge in [0, 0.05) is 13.2 Å². The van der Waals surface area contributed by atoms with Crippen LogP contribution in [0.1, 0.15) is 65.2 Å². The van der Waals surface area contributed by atoms with Crippen molar-refractivity contribution in [3.05, 3.63) is 24.8 Å². The summed E-state index contributed by atoms with van der Waals surface area (Å²) in [6, 6.07) is 0. The third-order valence-corrected chi connectivity index (χ3v) is 3.05. The van der Waals surface area contributed by atoms with Gasteiger partial charge in [-0.1, -0.05) is 51.2 Å². The van der Waals surface area contributed by atoms with E-state index in [1.165, 1.54) is 0 Å². The molecule has 0 radical (unpaired) electrons. The Kier molecular flexibility index (Phi) is 16.2. The molecule has 21 heavy (non-hydrogen) atoms. The van der Waals surface area contributed by atoms with E-state index in [1.54, 1.807) is 6.08 Å². The summed E-state index contributed by atoms with van der Waals surface area (Å²) in [6.07, 6.45) is 14.5. The van der Waals surface area contributed by atoms with Crippen LogP contribution in [0.3, 0.4) is 0 Å². The number of hydrogen-bond donors (Lipinski definition) is 0. The molecule has 2 nitrogen and oxygen atoms in total. The van der Waals surface area contributed by atoms with Gasteiger partial charge in [-0.25, -0.2) is 0 Å². The predicted octanol–water partition coefficient (Wildman–Crippen LogP) is 5.25. The van der Waals surface area contributed by atoms with Crippen molar-refractivity contribution in [2.45, 2.75) is 71.5 Å². The van der Waals surface area contributed by atoms with Gasteiger partial charge in [-0.3, -0.25) is 0 Å². The molecule has 0 fully saturated rings. The van der Waals surface area contributed by atoms with Crippen molar-refractivity contribution in [1.82, 2.24) is 0 Å². The molecule has 0 saturated carbocycles. The number of hydrogen-bond acceptors (Lipinski definition) is 2. The standard InChI is InChI=1S/C19H32O2/c1-4-7-10-11-12-13-14-15-16-19(20-17-8-5-2)21-18-9-6-3/h4,11-12,19H,1,5-6,8-9,13-18H2,2-3H3/b12-11+. The van der Waals surface area contributed by atoms with E-state index < -0.39 is 0 Å². The Morgan fingerprint density at radius 3 is 2.19 bits per heavy atom. The molecule has 0 unspecified atom stereocenters. The maximum Gasteiger partial charge on any atom is 0.157 e. The average molecular weight is 292 g/mol. The van der Waals surface area contributed by atoms with Gasteiger partial charge in [0.2, 0.25) is 0 Å². The third-order valence-electron chi connectivity index (χ3n) is 3.05. The Bertz CT molecular complexity index is 299. The van der Waals surface area contributed by atoms with Gasteiger partial charge in [0.25, 0.3) is 0 Å². The van der Waals surface area contributed by atoms with Crippen LogP contribution in [0.5, 0.6) is 0 Å². The molecule has 0 spiro atoms. The molecule has 0 heterocycles. The van der Waals surface area contributed by atoms with Gasteiger partial charge in [0.05, 0.1) is 0 Å². The minimum atomic E-state index is -0.0207. The quantitative estimate of drug-likeness (QED) is 0.262. The summed E-state index contributed by atoms with van der Waals surface area (Å²) in [4.78, 5) is 0. The molecule has 0 aromatic heterocycles. The van der Waals surface area contributed by atoms with Crippen molar-refractivity contribution < 1.29 is 9.47 Å². The molecule has 0 atom stereocenters. The van der Waals surface area contributed by atoms with E-state index in [-0.39, 0.29) is 6.29 Å². The third kappa shape index (κ3) is 15.2. The van der Waals surface area contributed by atoms with Gasteiger partial charge in [-0.2, -0.15) is 0 Å². The largest absolute Gasteiger partial charge is 0.353 e. The normalized spacial score (nSPS) is 10.8. The highest BCUT2D eigenvalue weighted by Crippen LogP contribution is 2.10. The molecular formula is C19H32O2. The Hall–Kier alpha value is -1.04. The Morgan fingerprint density at radius 1 is 0.952 bits per heavy atom. The maximum atomic E-state index is 5.82.